The number of hydrogen-bond acceptors (Lipinski definition) is 5. The Kier molecular flexibility index (Phi) is 9.69. The maximum Gasteiger partial charge on any atom is 0.323 e. The third-order valence-electron chi connectivity index (χ3n) is 4.86. The van der Waals surface area contributed by atoms with Gasteiger partial charge in [-0.3, -0.25) is 9.59 Å². The lowest BCUT2D eigenvalue weighted by atomic mass is 9.84. The molecule has 0 aliphatic carbocycles. The molecule has 0 aromatic heterocycles. The van der Waals surface area contributed by atoms with Gasteiger partial charge in [-0.1, -0.05) is 20.8 Å². The van der Waals surface area contributed by atoms with E-state index in [0.29, 0.717) is 12.3 Å². The van der Waals surface area contributed by atoms with Crippen molar-refractivity contribution in [2.75, 3.05) is 19.1 Å². The number of rotatable bonds is 10. The van der Waals surface area contributed by atoms with Crippen LogP contribution in [0.4, 0.5) is 0 Å². The van der Waals surface area contributed by atoms with Crippen LogP contribution in [-0.4, -0.2) is 45.5 Å². The summed E-state index contributed by atoms with van der Waals surface area (Å²) in [5, 5.41) is 0.0584. The summed E-state index contributed by atoms with van der Waals surface area (Å²) >= 11 is 6.10. The van der Waals surface area contributed by atoms with Crippen molar-refractivity contribution in [1.29, 1.82) is 0 Å². The number of carbonyl (C=O) groups excluding carboxylic acids is 2. The van der Waals surface area contributed by atoms with E-state index in [0.717, 1.165) is 0 Å². The van der Waals surface area contributed by atoms with E-state index in [1.807, 2.05) is 0 Å². The molecule has 148 valence electrons. The lowest BCUT2D eigenvalue weighted by Crippen LogP contribution is -2.45. The molecule has 0 aromatic rings. The van der Waals surface area contributed by atoms with Crippen molar-refractivity contribution in [3.8, 4) is 0 Å². The summed E-state index contributed by atoms with van der Waals surface area (Å²) in [7, 11) is -1.99. The molecule has 0 radical (unpaired) electrons. The molecule has 25 heavy (non-hydrogen) atoms. The van der Waals surface area contributed by atoms with Gasteiger partial charge in [0.05, 0.1) is 19.3 Å². The first-order chi connectivity index (χ1) is 11.4. The summed E-state index contributed by atoms with van der Waals surface area (Å²) < 4.78 is 16.5. The van der Waals surface area contributed by atoms with Crippen LogP contribution in [0.3, 0.4) is 0 Å². The molecule has 0 aromatic carbocycles. The van der Waals surface area contributed by atoms with Crippen molar-refractivity contribution in [2.45, 2.75) is 78.6 Å². The van der Waals surface area contributed by atoms with E-state index in [1.165, 1.54) is 0 Å². The predicted molar refractivity (Wildman–Crippen MR) is 103 cm³/mol. The van der Waals surface area contributed by atoms with Crippen molar-refractivity contribution in [3.05, 3.63) is 0 Å². The summed E-state index contributed by atoms with van der Waals surface area (Å²) in [5.74, 6) is -0.808. The highest BCUT2D eigenvalue weighted by atomic mass is 35.5. The van der Waals surface area contributed by atoms with Gasteiger partial charge in [-0.25, -0.2) is 0 Å². The summed E-state index contributed by atoms with van der Waals surface area (Å²) in [6, 6.07) is 0. The Morgan fingerprint density at radius 2 is 1.44 bits per heavy atom. The van der Waals surface area contributed by atoms with Crippen molar-refractivity contribution in [1.82, 2.24) is 0 Å². The van der Waals surface area contributed by atoms with Gasteiger partial charge in [0.25, 0.3) is 0 Å². The number of hydrogen-bond donors (Lipinski definition) is 0. The van der Waals surface area contributed by atoms with Gasteiger partial charge < -0.3 is 13.9 Å². The quantitative estimate of drug-likeness (QED) is 0.236. The summed E-state index contributed by atoms with van der Waals surface area (Å²) in [6.07, 6.45) is 0.548. The third kappa shape index (κ3) is 6.91. The molecule has 1 atom stereocenters. The number of halogens is 1. The van der Waals surface area contributed by atoms with E-state index >= 15 is 0 Å². The van der Waals surface area contributed by atoms with Crippen LogP contribution in [0.1, 0.15) is 54.4 Å². The van der Waals surface area contributed by atoms with Crippen molar-refractivity contribution < 1.29 is 23.5 Å². The van der Waals surface area contributed by atoms with Gasteiger partial charge in [0, 0.05) is 5.88 Å². The molecule has 0 rings (SSSR count). The fourth-order valence-electron chi connectivity index (χ4n) is 2.08. The van der Waals surface area contributed by atoms with Crippen LogP contribution in [0.25, 0.3) is 0 Å². The van der Waals surface area contributed by atoms with Crippen LogP contribution in [0.5, 0.6) is 0 Å². The van der Waals surface area contributed by atoms with Crippen molar-refractivity contribution in [2.24, 2.45) is 5.41 Å². The first-order valence-electron chi connectivity index (χ1n) is 8.94. The predicted octanol–water partition coefficient (Wildman–Crippen LogP) is 4.53. The molecule has 0 unspecified atom stereocenters. The largest absolute Gasteiger partial charge is 0.465 e. The van der Waals surface area contributed by atoms with Gasteiger partial charge in [-0.15, -0.1) is 11.6 Å². The fraction of sp³-hybridized carbons (Fsp3) is 0.889. The van der Waals surface area contributed by atoms with Crippen LogP contribution >= 0.6 is 11.6 Å². The van der Waals surface area contributed by atoms with E-state index in [2.05, 4.69) is 33.9 Å². The zero-order valence-electron chi connectivity index (χ0n) is 17.0. The highest BCUT2D eigenvalue weighted by molar-refractivity contribution is 6.74. The maximum absolute atomic E-state index is 12.3. The Hall–Kier alpha value is -0.593. The molecule has 0 N–H and O–H groups in total. The molecule has 0 heterocycles. The van der Waals surface area contributed by atoms with Crippen LogP contribution in [0.15, 0.2) is 0 Å². The fourth-order valence-corrected chi connectivity index (χ4v) is 3.79. The van der Waals surface area contributed by atoms with Gasteiger partial charge in [0.15, 0.2) is 13.7 Å². The normalized spacial score (nSPS) is 14.1. The number of esters is 2. The summed E-state index contributed by atoms with van der Waals surface area (Å²) in [6.45, 7) is 16.2. The maximum atomic E-state index is 12.3. The van der Waals surface area contributed by atoms with Gasteiger partial charge >= 0.3 is 11.9 Å². The van der Waals surface area contributed by atoms with Gasteiger partial charge in [0.2, 0.25) is 0 Å². The van der Waals surface area contributed by atoms with E-state index in [4.69, 9.17) is 25.5 Å². The smallest absolute Gasteiger partial charge is 0.323 e. The van der Waals surface area contributed by atoms with E-state index in [1.54, 1.807) is 20.8 Å². The van der Waals surface area contributed by atoms with Crippen molar-refractivity contribution >= 4 is 31.9 Å². The topological polar surface area (TPSA) is 61.8 Å². The molecule has 0 saturated heterocycles. The summed E-state index contributed by atoms with van der Waals surface area (Å²) in [5.41, 5.74) is -1.34. The molecule has 7 heteroatoms. The average Bonchev–Trinajstić information content (AvgIpc) is 2.50. The highest BCUT2D eigenvalue weighted by Crippen LogP contribution is 2.38. The number of carbonyl (C=O) groups is 2. The third-order valence-corrected chi connectivity index (χ3v) is 9.74. The Morgan fingerprint density at radius 3 is 1.76 bits per heavy atom. The molecular formula is C18H35ClO5Si. The lowest BCUT2D eigenvalue weighted by molar-refractivity contribution is -0.171. The molecule has 0 amide bonds. The molecule has 0 spiro atoms. The highest BCUT2D eigenvalue weighted by Gasteiger charge is 2.45. The molecule has 0 fully saturated rings. The minimum Gasteiger partial charge on any atom is -0.465 e. The van der Waals surface area contributed by atoms with E-state index in [-0.39, 0.29) is 30.8 Å². The van der Waals surface area contributed by atoms with Gasteiger partial charge in [-0.05, 0) is 51.7 Å². The monoisotopic (exact) mass is 394 g/mol. The van der Waals surface area contributed by atoms with Crippen LogP contribution in [-0.2, 0) is 23.5 Å². The van der Waals surface area contributed by atoms with Gasteiger partial charge in [0.1, 0.15) is 0 Å². The molecule has 0 aliphatic rings. The minimum absolute atomic E-state index is 0.0584. The Bertz CT molecular complexity index is 427. The molecule has 0 saturated carbocycles. The summed E-state index contributed by atoms with van der Waals surface area (Å²) in [4.78, 5) is 24.7. The first-order valence-corrected chi connectivity index (χ1v) is 12.4. The SMILES string of the molecule is CCOC(=O)C(C)(CC[C@@H](CCl)O[Si](C)(C)C(C)(C)C)C(=O)OCC. The average molecular weight is 395 g/mol. The standard InChI is InChI=1S/C18H35ClO5Si/c1-9-22-15(20)18(6,16(21)23-10-2)12-11-14(13-19)24-25(7,8)17(3,4)5/h14H,9-13H2,1-8H3/t14-/m0/s1. The molecule has 0 aliphatic heterocycles. The zero-order valence-corrected chi connectivity index (χ0v) is 18.8. The molecule has 5 nitrogen and oxygen atoms in total. The second-order valence-electron chi connectivity index (χ2n) is 7.97. The van der Waals surface area contributed by atoms with Crippen LogP contribution < -0.4 is 0 Å². The Balaban J connectivity index is 5.18. The number of ether oxygens (including phenoxy) is 2. The number of alkyl halides is 1. The van der Waals surface area contributed by atoms with Crippen molar-refractivity contribution in [3.63, 3.8) is 0 Å². The Labute approximate surface area is 158 Å². The second-order valence-corrected chi connectivity index (χ2v) is 13.0. The Morgan fingerprint density at radius 1 is 1.00 bits per heavy atom. The minimum atomic E-state index is -1.99. The van der Waals surface area contributed by atoms with Gasteiger partial charge in [-0.2, -0.15) is 0 Å². The zero-order chi connectivity index (χ0) is 19.9. The van der Waals surface area contributed by atoms with Crippen LogP contribution in [0, 0.1) is 5.41 Å². The van der Waals surface area contributed by atoms with E-state index in [9.17, 15) is 9.59 Å². The second kappa shape index (κ2) is 9.93. The molecule has 0 bridgehead atoms. The molecular weight excluding hydrogens is 360 g/mol. The first kappa shape index (κ1) is 24.4. The lowest BCUT2D eigenvalue weighted by Gasteiger charge is -2.39. The van der Waals surface area contributed by atoms with E-state index < -0.39 is 25.7 Å². The van der Waals surface area contributed by atoms with Crippen LogP contribution in [0.2, 0.25) is 18.1 Å².